The van der Waals surface area contributed by atoms with Gasteiger partial charge >= 0.3 is 5.97 Å². The van der Waals surface area contributed by atoms with E-state index in [4.69, 9.17) is 4.74 Å². The molecule has 0 bridgehead atoms. The molecule has 0 spiro atoms. The van der Waals surface area contributed by atoms with Crippen LogP contribution < -0.4 is 5.32 Å². The van der Waals surface area contributed by atoms with Gasteiger partial charge in [-0.05, 0) is 20.8 Å². The molecular weight excluding hydrogens is 204 g/mol. The quantitative estimate of drug-likeness (QED) is 0.683. The van der Waals surface area contributed by atoms with Crippen molar-refractivity contribution in [3.63, 3.8) is 0 Å². The van der Waals surface area contributed by atoms with Crippen LogP contribution in [-0.4, -0.2) is 30.6 Å². The first-order chi connectivity index (χ1) is 6.70. The first-order valence-electron chi connectivity index (χ1n) is 5.01. The monoisotopic (exact) mass is 221 g/mol. The SMILES string of the molecule is CC(C)(C)OC(=O)C1CNCC(F)(F)C1. The predicted octanol–water partition coefficient (Wildman–Crippen LogP) is 1.57. The second kappa shape index (κ2) is 4.04. The highest BCUT2D eigenvalue weighted by atomic mass is 19.3. The fourth-order valence-corrected chi connectivity index (χ4v) is 1.49. The van der Waals surface area contributed by atoms with Gasteiger partial charge in [0, 0.05) is 13.0 Å². The Morgan fingerprint density at radius 3 is 2.53 bits per heavy atom. The van der Waals surface area contributed by atoms with Crippen molar-refractivity contribution in [2.45, 2.75) is 38.7 Å². The largest absolute Gasteiger partial charge is 0.460 e. The van der Waals surface area contributed by atoms with E-state index in [1.54, 1.807) is 20.8 Å². The molecule has 1 saturated heterocycles. The third-order valence-electron chi connectivity index (χ3n) is 2.06. The summed E-state index contributed by atoms with van der Waals surface area (Å²) in [6.07, 6.45) is -0.422. The summed E-state index contributed by atoms with van der Waals surface area (Å²) in [6.45, 7) is 5.08. The number of carbonyl (C=O) groups excluding carboxylic acids is 1. The van der Waals surface area contributed by atoms with Crippen LogP contribution in [0.1, 0.15) is 27.2 Å². The van der Waals surface area contributed by atoms with Crippen molar-refractivity contribution in [2.24, 2.45) is 5.92 Å². The fourth-order valence-electron chi connectivity index (χ4n) is 1.49. The van der Waals surface area contributed by atoms with Crippen molar-refractivity contribution in [3.05, 3.63) is 0 Å². The second-order valence-corrected chi connectivity index (χ2v) is 4.92. The molecule has 15 heavy (non-hydrogen) atoms. The summed E-state index contributed by atoms with van der Waals surface area (Å²) >= 11 is 0. The number of ether oxygens (including phenoxy) is 1. The summed E-state index contributed by atoms with van der Waals surface area (Å²) < 4.78 is 31.0. The van der Waals surface area contributed by atoms with Gasteiger partial charge in [-0.25, -0.2) is 8.78 Å². The minimum atomic E-state index is -2.81. The molecule has 0 radical (unpaired) electrons. The second-order valence-electron chi connectivity index (χ2n) is 4.92. The number of carbonyl (C=O) groups is 1. The van der Waals surface area contributed by atoms with E-state index >= 15 is 0 Å². The lowest BCUT2D eigenvalue weighted by Gasteiger charge is -2.30. The molecule has 0 aromatic carbocycles. The van der Waals surface area contributed by atoms with Crippen molar-refractivity contribution in [3.8, 4) is 0 Å². The van der Waals surface area contributed by atoms with Crippen LogP contribution in [0.15, 0.2) is 0 Å². The molecule has 1 heterocycles. The number of piperidine rings is 1. The molecule has 1 aliphatic rings. The topological polar surface area (TPSA) is 38.3 Å². The Labute approximate surface area is 88.2 Å². The molecule has 0 saturated carbocycles. The summed E-state index contributed by atoms with van der Waals surface area (Å²) in [5.41, 5.74) is -0.621. The predicted molar refractivity (Wildman–Crippen MR) is 51.8 cm³/mol. The number of hydrogen-bond acceptors (Lipinski definition) is 3. The number of halogens is 2. The van der Waals surface area contributed by atoms with E-state index in [0.717, 1.165) is 0 Å². The van der Waals surface area contributed by atoms with Crippen LogP contribution in [0.5, 0.6) is 0 Å². The van der Waals surface area contributed by atoms with Crippen molar-refractivity contribution >= 4 is 5.97 Å². The smallest absolute Gasteiger partial charge is 0.310 e. The molecule has 1 atom stereocenters. The van der Waals surface area contributed by atoms with Crippen LogP contribution in [0, 0.1) is 5.92 Å². The van der Waals surface area contributed by atoms with Crippen molar-refractivity contribution in [1.82, 2.24) is 5.32 Å². The Morgan fingerprint density at radius 1 is 1.47 bits per heavy atom. The summed E-state index contributed by atoms with van der Waals surface area (Å²) in [5, 5.41) is 2.54. The number of esters is 1. The standard InChI is InChI=1S/C10H17F2NO2/c1-9(2,3)15-8(14)7-4-10(11,12)6-13-5-7/h7,13H,4-6H2,1-3H3. The number of nitrogens with one attached hydrogen (secondary N) is 1. The normalized spacial score (nSPS) is 26.1. The Balaban J connectivity index is 2.53. The Bertz CT molecular complexity index is 248. The van der Waals surface area contributed by atoms with Crippen LogP contribution >= 0.6 is 0 Å². The van der Waals surface area contributed by atoms with Gasteiger partial charge in [-0.3, -0.25) is 4.79 Å². The van der Waals surface area contributed by atoms with Gasteiger partial charge in [0.15, 0.2) is 0 Å². The van der Waals surface area contributed by atoms with Gasteiger partial charge < -0.3 is 10.1 Å². The van der Waals surface area contributed by atoms with E-state index < -0.39 is 29.8 Å². The fraction of sp³-hybridized carbons (Fsp3) is 0.900. The third-order valence-corrected chi connectivity index (χ3v) is 2.06. The highest BCUT2D eigenvalue weighted by Gasteiger charge is 2.40. The number of alkyl halides is 2. The molecule has 1 rings (SSSR count). The molecule has 5 heteroatoms. The molecule has 0 aromatic rings. The van der Waals surface area contributed by atoms with E-state index in [-0.39, 0.29) is 13.1 Å². The third kappa shape index (κ3) is 4.11. The van der Waals surface area contributed by atoms with Crippen molar-refractivity contribution in [2.75, 3.05) is 13.1 Å². The zero-order valence-electron chi connectivity index (χ0n) is 9.27. The van der Waals surface area contributed by atoms with E-state index in [9.17, 15) is 13.6 Å². The summed E-state index contributed by atoms with van der Waals surface area (Å²) in [4.78, 5) is 11.5. The zero-order valence-corrected chi connectivity index (χ0v) is 9.27. The van der Waals surface area contributed by atoms with E-state index in [1.165, 1.54) is 0 Å². The van der Waals surface area contributed by atoms with Crippen LogP contribution in [-0.2, 0) is 9.53 Å². The molecule has 3 nitrogen and oxygen atoms in total. The van der Waals surface area contributed by atoms with Gasteiger partial charge in [0.1, 0.15) is 5.60 Å². The van der Waals surface area contributed by atoms with Crippen LogP contribution in [0.4, 0.5) is 8.78 Å². The molecular formula is C10H17F2NO2. The first kappa shape index (κ1) is 12.4. The van der Waals surface area contributed by atoms with Gasteiger partial charge in [0.2, 0.25) is 0 Å². The summed E-state index contributed by atoms with van der Waals surface area (Å²) in [5.74, 6) is -4.10. The van der Waals surface area contributed by atoms with Gasteiger partial charge in [-0.1, -0.05) is 0 Å². The van der Waals surface area contributed by atoms with E-state index in [1.807, 2.05) is 0 Å². The lowest BCUT2D eigenvalue weighted by molar-refractivity contribution is -0.165. The lowest BCUT2D eigenvalue weighted by atomic mass is 9.96. The van der Waals surface area contributed by atoms with Gasteiger partial charge in [-0.2, -0.15) is 0 Å². The summed E-state index contributed by atoms with van der Waals surface area (Å²) in [6, 6.07) is 0. The summed E-state index contributed by atoms with van der Waals surface area (Å²) in [7, 11) is 0. The number of hydrogen-bond donors (Lipinski definition) is 1. The first-order valence-corrected chi connectivity index (χ1v) is 5.01. The van der Waals surface area contributed by atoms with Crippen LogP contribution in [0.25, 0.3) is 0 Å². The molecule has 0 aliphatic carbocycles. The van der Waals surface area contributed by atoms with Crippen LogP contribution in [0.3, 0.4) is 0 Å². The average molecular weight is 221 g/mol. The molecule has 88 valence electrons. The molecule has 0 amide bonds. The van der Waals surface area contributed by atoms with Gasteiger partial charge in [-0.15, -0.1) is 0 Å². The Kier molecular flexibility index (Phi) is 3.33. The van der Waals surface area contributed by atoms with Gasteiger partial charge in [0.25, 0.3) is 5.92 Å². The zero-order chi connectivity index (χ0) is 11.7. The minimum absolute atomic E-state index is 0.268. The maximum atomic E-state index is 13.0. The van der Waals surface area contributed by atoms with Gasteiger partial charge in [0.05, 0.1) is 12.5 Å². The molecule has 1 aliphatic heterocycles. The molecule has 1 fully saturated rings. The van der Waals surface area contributed by atoms with Crippen molar-refractivity contribution in [1.29, 1.82) is 0 Å². The average Bonchev–Trinajstić information content (AvgIpc) is 1.99. The van der Waals surface area contributed by atoms with Crippen molar-refractivity contribution < 1.29 is 18.3 Å². The van der Waals surface area contributed by atoms with Crippen LogP contribution in [0.2, 0.25) is 0 Å². The Hall–Kier alpha value is -0.710. The van der Waals surface area contributed by atoms with E-state index in [0.29, 0.717) is 0 Å². The van der Waals surface area contributed by atoms with E-state index in [2.05, 4.69) is 5.32 Å². The molecule has 1 N–H and O–H groups in total. The Morgan fingerprint density at radius 2 is 2.07 bits per heavy atom. The highest BCUT2D eigenvalue weighted by molar-refractivity contribution is 5.73. The lowest BCUT2D eigenvalue weighted by Crippen LogP contribution is -2.47. The molecule has 1 unspecified atom stereocenters. The highest BCUT2D eigenvalue weighted by Crippen LogP contribution is 2.27. The minimum Gasteiger partial charge on any atom is -0.460 e. The molecule has 0 aromatic heterocycles. The number of rotatable bonds is 1. The maximum Gasteiger partial charge on any atom is 0.310 e. The maximum absolute atomic E-state index is 13.0.